The van der Waals surface area contributed by atoms with Gasteiger partial charge in [0.1, 0.15) is 10.8 Å². The van der Waals surface area contributed by atoms with Crippen LogP contribution in [0.15, 0.2) is 0 Å². The number of hydrogen-bond acceptors (Lipinski definition) is 4. The molecule has 3 aliphatic rings. The highest BCUT2D eigenvalue weighted by Gasteiger charge is 2.76. The van der Waals surface area contributed by atoms with Crippen LogP contribution in [0.1, 0.15) is 26.7 Å². The van der Waals surface area contributed by atoms with Gasteiger partial charge in [0.25, 0.3) is 0 Å². The molecule has 14 heavy (non-hydrogen) atoms. The zero-order valence-corrected chi connectivity index (χ0v) is 8.20. The van der Waals surface area contributed by atoms with Gasteiger partial charge in [0, 0.05) is 0 Å². The molecule has 3 saturated heterocycles. The number of cyclic esters (lactones) is 2. The Bertz CT molecular complexity index is 318. The van der Waals surface area contributed by atoms with E-state index in [0.717, 1.165) is 12.8 Å². The summed E-state index contributed by atoms with van der Waals surface area (Å²) < 4.78 is 10.4. The second-order valence-electron chi connectivity index (χ2n) is 4.77. The Morgan fingerprint density at radius 1 is 1.07 bits per heavy atom. The van der Waals surface area contributed by atoms with Crippen molar-refractivity contribution >= 4 is 11.9 Å². The fourth-order valence-corrected chi connectivity index (χ4v) is 3.14. The largest absolute Gasteiger partial charge is 0.392 e. The fourth-order valence-electron chi connectivity index (χ4n) is 3.14. The van der Waals surface area contributed by atoms with Gasteiger partial charge in [0.15, 0.2) is 0 Å². The summed E-state index contributed by atoms with van der Waals surface area (Å²) in [6, 6.07) is 0. The van der Waals surface area contributed by atoms with Gasteiger partial charge in [0.05, 0.1) is 12.2 Å². The average Bonchev–Trinajstić information content (AvgIpc) is 2.73. The van der Waals surface area contributed by atoms with E-state index in [9.17, 15) is 9.59 Å². The first kappa shape index (κ1) is 8.41. The molecule has 0 aliphatic carbocycles. The van der Waals surface area contributed by atoms with Crippen LogP contribution in [-0.2, 0) is 19.1 Å². The minimum atomic E-state index is -0.743. The van der Waals surface area contributed by atoms with E-state index in [1.807, 2.05) is 0 Å². The van der Waals surface area contributed by atoms with Gasteiger partial charge in [-0.3, -0.25) is 9.59 Å². The number of carbonyl (C=O) groups is 2. The van der Waals surface area contributed by atoms with E-state index in [4.69, 9.17) is 9.47 Å². The predicted octanol–water partition coefficient (Wildman–Crippen LogP) is 0.644. The number of carbonyl (C=O) groups excluding carboxylic acids is 2. The predicted molar refractivity (Wildman–Crippen MR) is 45.2 cm³/mol. The van der Waals surface area contributed by atoms with E-state index in [-0.39, 0.29) is 12.2 Å². The van der Waals surface area contributed by atoms with E-state index in [1.165, 1.54) is 0 Å². The Morgan fingerprint density at radius 2 is 1.50 bits per heavy atom. The average molecular weight is 196 g/mol. The van der Waals surface area contributed by atoms with E-state index in [0.29, 0.717) is 0 Å². The third kappa shape index (κ3) is 0.557. The van der Waals surface area contributed by atoms with Crippen molar-refractivity contribution in [3.05, 3.63) is 0 Å². The summed E-state index contributed by atoms with van der Waals surface area (Å²) in [5, 5.41) is 0. The highest BCUT2D eigenvalue weighted by Crippen LogP contribution is 2.63. The summed E-state index contributed by atoms with van der Waals surface area (Å²) in [5.41, 5.74) is -1.49. The second kappa shape index (κ2) is 2.03. The topological polar surface area (TPSA) is 52.6 Å². The van der Waals surface area contributed by atoms with Crippen molar-refractivity contribution in [2.75, 3.05) is 0 Å². The first-order chi connectivity index (χ1) is 6.51. The van der Waals surface area contributed by atoms with E-state index in [1.54, 1.807) is 13.8 Å². The van der Waals surface area contributed by atoms with Gasteiger partial charge in [0.2, 0.25) is 0 Å². The maximum atomic E-state index is 11.7. The highest BCUT2D eigenvalue weighted by molar-refractivity contribution is 6.03. The van der Waals surface area contributed by atoms with Gasteiger partial charge in [-0.05, 0) is 26.7 Å². The monoisotopic (exact) mass is 196 g/mol. The van der Waals surface area contributed by atoms with Gasteiger partial charge >= 0.3 is 11.9 Å². The Labute approximate surface area is 81.6 Å². The van der Waals surface area contributed by atoms with Gasteiger partial charge < -0.3 is 9.47 Å². The molecule has 0 radical (unpaired) electrons. The Morgan fingerprint density at radius 3 is 1.93 bits per heavy atom. The summed E-state index contributed by atoms with van der Waals surface area (Å²) in [6.07, 6.45) is 1.46. The summed E-state index contributed by atoms with van der Waals surface area (Å²) in [6.45, 7) is 3.59. The van der Waals surface area contributed by atoms with Crippen molar-refractivity contribution in [2.45, 2.75) is 38.9 Å². The number of rotatable bonds is 0. The van der Waals surface area contributed by atoms with Gasteiger partial charge in [-0.1, -0.05) is 0 Å². The molecule has 0 aromatic rings. The van der Waals surface area contributed by atoms with E-state index < -0.39 is 22.8 Å². The minimum Gasteiger partial charge on any atom is -0.392 e. The van der Waals surface area contributed by atoms with Crippen LogP contribution >= 0.6 is 0 Å². The third-order valence-electron chi connectivity index (χ3n) is 4.42. The molecule has 0 spiro atoms. The lowest BCUT2D eigenvalue weighted by atomic mass is 9.59. The molecule has 3 aliphatic heterocycles. The van der Waals surface area contributed by atoms with Gasteiger partial charge in [-0.25, -0.2) is 0 Å². The molecule has 0 aromatic heterocycles. The molecule has 2 bridgehead atoms. The molecule has 4 nitrogen and oxygen atoms in total. The van der Waals surface area contributed by atoms with E-state index >= 15 is 0 Å². The molecule has 3 fully saturated rings. The quantitative estimate of drug-likeness (QED) is 0.421. The minimum absolute atomic E-state index is 0.128. The molecule has 3 heterocycles. The summed E-state index contributed by atoms with van der Waals surface area (Å²) in [4.78, 5) is 23.3. The number of hydrogen-bond donors (Lipinski definition) is 0. The molecular formula is C10H12O4. The Kier molecular flexibility index (Phi) is 1.22. The van der Waals surface area contributed by atoms with E-state index in [2.05, 4.69) is 0 Å². The van der Waals surface area contributed by atoms with Crippen molar-refractivity contribution in [3.63, 3.8) is 0 Å². The molecule has 76 valence electrons. The zero-order chi connectivity index (χ0) is 10.1. The van der Waals surface area contributed by atoms with Crippen molar-refractivity contribution in [1.82, 2.24) is 0 Å². The molecule has 0 unspecified atom stereocenters. The highest BCUT2D eigenvalue weighted by atomic mass is 16.6. The van der Waals surface area contributed by atoms with Crippen molar-refractivity contribution < 1.29 is 19.1 Å². The van der Waals surface area contributed by atoms with Crippen LogP contribution in [0.5, 0.6) is 0 Å². The Balaban J connectivity index is 2.21. The maximum absolute atomic E-state index is 11.7. The summed E-state index contributed by atoms with van der Waals surface area (Å²) in [7, 11) is 0. The van der Waals surface area contributed by atoms with Crippen LogP contribution < -0.4 is 0 Å². The van der Waals surface area contributed by atoms with Crippen molar-refractivity contribution in [3.8, 4) is 0 Å². The maximum Gasteiger partial charge on any atom is 0.323 e. The standard InChI is InChI=1S/C10H12O4/c1-9-5-3-4-6(13-5)10(9,2)8(12)14-7(9)11/h5-6H,3-4H2,1-2H3/t5-,6-,9-,10+/m1/s1. The normalized spacial score (nSPS) is 55.0. The number of ether oxygens (including phenoxy) is 2. The number of fused-ring (bicyclic) bond motifs is 5. The second-order valence-corrected chi connectivity index (χ2v) is 4.77. The van der Waals surface area contributed by atoms with Gasteiger partial charge in [-0.15, -0.1) is 0 Å². The smallest absolute Gasteiger partial charge is 0.323 e. The summed E-state index contributed by atoms with van der Waals surface area (Å²) >= 11 is 0. The lowest BCUT2D eigenvalue weighted by molar-refractivity contribution is -0.159. The molecule has 3 rings (SSSR count). The van der Waals surface area contributed by atoms with Crippen molar-refractivity contribution in [2.24, 2.45) is 10.8 Å². The summed E-state index contributed by atoms with van der Waals surface area (Å²) in [5.74, 6) is -0.811. The van der Waals surface area contributed by atoms with Crippen LogP contribution in [0, 0.1) is 10.8 Å². The molecule has 0 saturated carbocycles. The molecule has 0 amide bonds. The zero-order valence-electron chi connectivity index (χ0n) is 8.20. The first-order valence-electron chi connectivity index (χ1n) is 4.93. The van der Waals surface area contributed by atoms with Crippen molar-refractivity contribution in [1.29, 1.82) is 0 Å². The van der Waals surface area contributed by atoms with Crippen LogP contribution in [0.4, 0.5) is 0 Å². The molecule has 4 heteroatoms. The van der Waals surface area contributed by atoms with Crippen LogP contribution in [-0.4, -0.2) is 24.1 Å². The molecule has 0 N–H and O–H groups in total. The molecule has 0 aromatic carbocycles. The third-order valence-corrected chi connectivity index (χ3v) is 4.42. The van der Waals surface area contributed by atoms with Gasteiger partial charge in [-0.2, -0.15) is 0 Å². The van der Waals surface area contributed by atoms with Crippen LogP contribution in [0.2, 0.25) is 0 Å². The lowest BCUT2D eigenvalue weighted by Gasteiger charge is -2.34. The first-order valence-corrected chi connectivity index (χ1v) is 4.93. The molecular weight excluding hydrogens is 184 g/mol. The SMILES string of the molecule is C[C@@]12C(=O)OC(=O)[C@]1(C)[C@H]1CC[C@H]2O1. The Hall–Kier alpha value is -0.900. The fraction of sp³-hybridized carbons (Fsp3) is 0.800. The van der Waals surface area contributed by atoms with Crippen LogP contribution in [0.3, 0.4) is 0 Å². The molecule has 4 atom stereocenters. The lowest BCUT2D eigenvalue weighted by Crippen LogP contribution is -2.48. The number of esters is 2. The van der Waals surface area contributed by atoms with Crippen LogP contribution in [0.25, 0.3) is 0 Å².